The molecule has 0 saturated carbocycles. The van der Waals surface area contributed by atoms with Crippen molar-refractivity contribution >= 4 is 44.7 Å². The second kappa shape index (κ2) is 12.2. The molecular weight excluding hydrogens is 293 g/mol. The van der Waals surface area contributed by atoms with Crippen LogP contribution in [-0.4, -0.2) is 82.7 Å². The number of hydrogen-bond donors (Lipinski definition) is 5. The summed E-state index contributed by atoms with van der Waals surface area (Å²) in [5.41, 5.74) is 0. The molecule has 0 aliphatic heterocycles. The van der Waals surface area contributed by atoms with Gasteiger partial charge in [-0.2, -0.15) is 0 Å². The molecule has 106 valence electrons. The Balaban J connectivity index is -0.000000120. The van der Waals surface area contributed by atoms with Gasteiger partial charge in [0.05, 0.1) is 0 Å². The Labute approximate surface area is 120 Å². The third-order valence-corrected chi connectivity index (χ3v) is 5.27. The van der Waals surface area contributed by atoms with E-state index in [0.29, 0.717) is 0 Å². The van der Waals surface area contributed by atoms with Crippen molar-refractivity contribution in [3.8, 4) is 0 Å². The first kappa shape index (κ1) is 30.9. The Morgan fingerprint density at radius 2 is 1.18 bits per heavy atom. The molecule has 17 heavy (non-hydrogen) atoms. The summed E-state index contributed by atoms with van der Waals surface area (Å²) in [5, 5.41) is 6.35. The van der Waals surface area contributed by atoms with E-state index in [1.165, 1.54) is 0 Å². The van der Waals surface area contributed by atoms with E-state index in [1.807, 2.05) is 0 Å². The Kier molecular flexibility index (Phi) is 22.1. The zero-order valence-corrected chi connectivity index (χ0v) is 9.93. The van der Waals surface area contributed by atoms with Crippen LogP contribution in [-0.2, 0) is 9.13 Å². The van der Waals surface area contributed by atoms with Crippen molar-refractivity contribution in [2.45, 2.75) is 18.2 Å². The molecule has 13 heteroatoms. The minimum atomic E-state index is -4.80. The Morgan fingerprint density at radius 1 is 0.882 bits per heavy atom. The molecule has 0 heterocycles. The van der Waals surface area contributed by atoms with Gasteiger partial charge >= 0.3 is 44.7 Å². The fourth-order valence-corrected chi connectivity index (χ4v) is 3.41. The molecular formula is C4H19NaO10P2. The zero-order valence-electron chi connectivity index (χ0n) is 8.15. The van der Waals surface area contributed by atoms with Crippen LogP contribution in [0.2, 0.25) is 0 Å². The molecule has 11 N–H and O–H groups in total. The third kappa shape index (κ3) is 13.4. The molecule has 0 aliphatic rings. The molecule has 0 aromatic heterocycles. The first-order valence-electron chi connectivity index (χ1n) is 3.41. The maximum absolute atomic E-state index is 10.6. The standard InChI is InChI=1S/C4H12O7P2.Na.3H2O.H/c5-3-1-2-4(12(6,7)8)13(9,10)11;;;;;/h4-5H,1-3H2,(H2,6,7,8)(H2,9,10,11);;3*1H2;. The molecule has 0 saturated heterocycles. The van der Waals surface area contributed by atoms with Gasteiger partial charge in [-0.05, 0) is 12.8 Å². The van der Waals surface area contributed by atoms with Crippen LogP contribution < -0.4 is 0 Å². The molecule has 0 rings (SSSR count). The van der Waals surface area contributed by atoms with Crippen molar-refractivity contribution in [2.75, 3.05) is 6.61 Å². The van der Waals surface area contributed by atoms with Crippen LogP contribution >= 0.6 is 15.2 Å². The number of hydrogen-bond acceptors (Lipinski definition) is 3. The monoisotopic (exact) mass is 312 g/mol. The second-order valence-corrected chi connectivity index (χ2v) is 6.54. The Hall–Kier alpha value is 1.14. The normalized spacial score (nSPS) is 10.5. The summed E-state index contributed by atoms with van der Waals surface area (Å²) in [4.78, 5) is 34.3. The van der Waals surface area contributed by atoms with E-state index < -0.39 is 27.0 Å². The molecule has 0 aromatic rings. The number of aliphatic hydroxyl groups excluding tert-OH is 1. The van der Waals surface area contributed by atoms with Crippen LogP contribution in [0.15, 0.2) is 0 Å². The number of aliphatic hydroxyl groups is 1. The summed E-state index contributed by atoms with van der Waals surface area (Å²) in [6, 6.07) is 0. The fraction of sp³-hybridized carbons (Fsp3) is 1.00. The van der Waals surface area contributed by atoms with Gasteiger partial charge in [0, 0.05) is 6.61 Å². The summed E-state index contributed by atoms with van der Waals surface area (Å²) < 4.78 is 21.2. The van der Waals surface area contributed by atoms with Crippen LogP contribution in [0, 0.1) is 0 Å². The van der Waals surface area contributed by atoms with Crippen LogP contribution in [0.5, 0.6) is 0 Å². The fourth-order valence-electron chi connectivity index (χ4n) is 0.806. The van der Waals surface area contributed by atoms with Crippen molar-refractivity contribution in [1.82, 2.24) is 0 Å². The molecule has 0 fully saturated rings. The van der Waals surface area contributed by atoms with Gasteiger partial charge in [-0.15, -0.1) is 0 Å². The second-order valence-electron chi connectivity index (χ2n) is 2.52. The number of rotatable bonds is 5. The molecule has 0 atom stereocenters. The zero-order chi connectivity index (χ0) is 10.7. The van der Waals surface area contributed by atoms with Crippen molar-refractivity contribution < 1.29 is 50.2 Å². The van der Waals surface area contributed by atoms with E-state index >= 15 is 0 Å². The molecule has 0 bridgehead atoms. The van der Waals surface area contributed by atoms with E-state index in [9.17, 15) is 9.13 Å². The van der Waals surface area contributed by atoms with E-state index in [4.69, 9.17) is 24.7 Å². The van der Waals surface area contributed by atoms with Gasteiger partial charge < -0.3 is 41.1 Å². The van der Waals surface area contributed by atoms with Gasteiger partial charge in [-0.1, -0.05) is 0 Å². The van der Waals surface area contributed by atoms with Gasteiger partial charge in [0.15, 0.2) is 5.40 Å². The molecule has 10 nitrogen and oxygen atoms in total. The van der Waals surface area contributed by atoms with Crippen molar-refractivity contribution in [1.29, 1.82) is 0 Å². The summed E-state index contributed by atoms with van der Waals surface area (Å²) >= 11 is 0. The van der Waals surface area contributed by atoms with Crippen LogP contribution in [0.3, 0.4) is 0 Å². The van der Waals surface area contributed by atoms with E-state index in [2.05, 4.69) is 0 Å². The van der Waals surface area contributed by atoms with Crippen molar-refractivity contribution in [3.63, 3.8) is 0 Å². The SMILES string of the molecule is O.O.O.O=P(O)(O)C(CCCO)P(=O)(O)O.[NaH]. The van der Waals surface area contributed by atoms with Gasteiger partial charge in [-0.3, -0.25) is 9.13 Å². The predicted molar refractivity (Wildman–Crippen MR) is 62.2 cm³/mol. The van der Waals surface area contributed by atoms with Crippen molar-refractivity contribution in [3.05, 3.63) is 0 Å². The molecule has 0 unspecified atom stereocenters. The first-order valence-corrected chi connectivity index (χ1v) is 6.77. The maximum atomic E-state index is 10.6. The van der Waals surface area contributed by atoms with Gasteiger partial charge in [0.1, 0.15) is 0 Å². The minimum absolute atomic E-state index is 0. The van der Waals surface area contributed by atoms with Gasteiger partial charge in [-0.25, -0.2) is 0 Å². The molecule has 0 aliphatic carbocycles. The quantitative estimate of drug-likeness (QED) is 0.251. The van der Waals surface area contributed by atoms with E-state index in [-0.39, 0.29) is 59.0 Å². The van der Waals surface area contributed by atoms with Crippen LogP contribution in [0.4, 0.5) is 0 Å². The summed E-state index contributed by atoms with van der Waals surface area (Å²) in [6.45, 7) is -0.365. The molecule has 0 aromatic carbocycles. The molecule has 0 spiro atoms. The summed E-state index contributed by atoms with van der Waals surface area (Å²) in [5.74, 6) is 0. The van der Waals surface area contributed by atoms with Crippen molar-refractivity contribution in [2.24, 2.45) is 0 Å². The van der Waals surface area contributed by atoms with Gasteiger partial charge in [0.25, 0.3) is 0 Å². The van der Waals surface area contributed by atoms with Gasteiger partial charge in [0.2, 0.25) is 0 Å². The summed E-state index contributed by atoms with van der Waals surface area (Å²) in [7, 11) is -9.60. The topological polar surface area (TPSA) is 230 Å². The average molecular weight is 312 g/mol. The first-order chi connectivity index (χ1) is 5.69. The van der Waals surface area contributed by atoms with Crippen LogP contribution in [0.25, 0.3) is 0 Å². The molecule has 0 amide bonds. The summed E-state index contributed by atoms with van der Waals surface area (Å²) in [6.07, 6.45) is -0.452. The van der Waals surface area contributed by atoms with E-state index in [1.54, 1.807) is 0 Å². The molecule has 0 radical (unpaired) electrons. The Bertz CT molecular complexity index is 225. The predicted octanol–water partition coefficient (Wildman–Crippen LogP) is -3.68. The van der Waals surface area contributed by atoms with E-state index in [0.717, 1.165) is 0 Å². The third-order valence-electron chi connectivity index (χ3n) is 1.40. The van der Waals surface area contributed by atoms with Crippen LogP contribution in [0.1, 0.15) is 12.8 Å². The average Bonchev–Trinajstić information content (AvgIpc) is 1.81. The Morgan fingerprint density at radius 3 is 1.35 bits per heavy atom.